The summed E-state index contributed by atoms with van der Waals surface area (Å²) in [6.07, 6.45) is 2.21. The van der Waals surface area contributed by atoms with Crippen molar-refractivity contribution in [3.8, 4) is 11.8 Å². The number of urea groups is 1. The lowest BCUT2D eigenvalue weighted by atomic mass is 10.2. The lowest BCUT2D eigenvalue weighted by Crippen LogP contribution is -2.45. The molecule has 7 nitrogen and oxygen atoms in total. The number of rotatable bonds is 5. The molecule has 0 saturated carbocycles. The van der Waals surface area contributed by atoms with Gasteiger partial charge in [-0.2, -0.15) is 0 Å². The lowest BCUT2D eigenvalue weighted by molar-refractivity contribution is -0.108. The first-order valence-electron chi connectivity index (χ1n) is 8.03. The van der Waals surface area contributed by atoms with Crippen LogP contribution in [0, 0.1) is 11.8 Å². The zero-order valence-corrected chi connectivity index (χ0v) is 13.9. The predicted molar refractivity (Wildman–Crippen MR) is 91.1 cm³/mol. The number of primary amides is 1. The van der Waals surface area contributed by atoms with Crippen LogP contribution in [0.2, 0.25) is 0 Å². The number of nitrogens with two attached hydrogens (primary N) is 1. The summed E-state index contributed by atoms with van der Waals surface area (Å²) >= 11 is 0. The fourth-order valence-corrected chi connectivity index (χ4v) is 2.50. The number of carbonyl (C=O) groups is 2. The van der Waals surface area contributed by atoms with Crippen LogP contribution < -0.4 is 11.1 Å². The van der Waals surface area contributed by atoms with Gasteiger partial charge < -0.3 is 16.0 Å². The summed E-state index contributed by atoms with van der Waals surface area (Å²) in [4.78, 5) is 30.7. The number of aromatic nitrogens is 1. The first-order chi connectivity index (χ1) is 11.6. The second kappa shape index (κ2) is 9.01. The zero-order valence-electron chi connectivity index (χ0n) is 13.9. The summed E-state index contributed by atoms with van der Waals surface area (Å²) in [5.41, 5.74) is 6.65. The van der Waals surface area contributed by atoms with Crippen LogP contribution in [0.1, 0.15) is 18.2 Å². The number of carbonyl (C=O) groups excluding carboxylic acids is 2. The number of amides is 2. The number of nitrogens with zero attached hydrogens (tertiary/aromatic N) is 3. The molecule has 128 valence electrons. The van der Waals surface area contributed by atoms with Crippen molar-refractivity contribution in [3.05, 3.63) is 29.6 Å². The van der Waals surface area contributed by atoms with Gasteiger partial charge in [0.15, 0.2) is 6.29 Å². The van der Waals surface area contributed by atoms with Crippen LogP contribution in [-0.2, 0) is 11.3 Å². The third-order valence-corrected chi connectivity index (χ3v) is 3.93. The molecule has 1 aromatic heterocycles. The van der Waals surface area contributed by atoms with Crippen molar-refractivity contribution in [2.45, 2.75) is 19.5 Å². The van der Waals surface area contributed by atoms with Gasteiger partial charge in [0.1, 0.15) is 6.04 Å². The van der Waals surface area contributed by atoms with Crippen LogP contribution in [0.3, 0.4) is 0 Å². The molecule has 1 unspecified atom stereocenters. The largest absolute Gasteiger partial charge is 0.352 e. The molecular formula is C17H23N5O2. The average Bonchev–Trinajstić information content (AvgIpc) is 2.60. The van der Waals surface area contributed by atoms with Gasteiger partial charge in [-0.1, -0.05) is 18.8 Å². The summed E-state index contributed by atoms with van der Waals surface area (Å²) in [7, 11) is 0. The van der Waals surface area contributed by atoms with Crippen LogP contribution in [0.5, 0.6) is 0 Å². The number of likely N-dealkylation sites (N-methyl/N-ethyl adjacent to an activating group) is 1. The maximum Gasteiger partial charge on any atom is 0.313 e. The molecule has 1 aliphatic rings. The number of hydrogen-bond donors (Lipinski definition) is 2. The quantitative estimate of drug-likeness (QED) is 0.577. The topological polar surface area (TPSA) is 91.6 Å². The highest BCUT2D eigenvalue weighted by atomic mass is 16.2. The van der Waals surface area contributed by atoms with Gasteiger partial charge in [-0.05, 0) is 18.7 Å². The van der Waals surface area contributed by atoms with Crippen LogP contribution in [0.4, 0.5) is 4.79 Å². The standard InChI is InChI=1S/C17H23N5O2/c1-2-21-7-9-22(10-8-21)12-15-5-3-14(11-19-15)4-6-16(13-23)20-17(18)24/h3,5,11,13,16H,2,7-10,12H2,1H3,(H3,18,20,24). The molecule has 1 fully saturated rings. The Morgan fingerprint density at radius 1 is 1.38 bits per heavy atom. The minimum atomic E-state index is -0.906. The van der Waals surface area contributed by atoms with Crippen molar-refractivity contribution in [2.24, 2.45) is 5.73 Å². The Hall–Kier alpha value is -2.43. The molecule has 0 bridgehead atoms. The van der Waals surface area contributed by atoms with Crippen molar-refractivity contribution < 1.29 is 9.59 Å². The van der Waals surface area contributed by atoms with Crippen LogP contribution in [-0.4, -0.2) is 65.9 Å². The van der Waals surface area contributed by atoms with Gasteiger partial charge in [-0.3, -0.25) is 14.7 Å². The molecule has 1 saturated heterocycles. The minimum Gasteiger partial charge on any atom is -0.352 e. The van der Waals surface area contributed by atoms with Gasteiger partial charge in [0.05, 0.1) is 5.69 Å². The molecular weight excluding hydrogens is 306 g/mol. The highest BCUT2D eigenvalue weighted by Gasteiger charge is 2.15. The Morgan fingerprint density at radius 3 is 2.62 bits per heavy atom. The Labute approximate surface area is 142 Å². The molecule has 24 heavy (non-hydrogen) atoms. The molecule has 1 atom stereocenters. The molecule has 2 rings (SSSR count). The van der Waals surface area contributed by atoms with E-state index >= 15 is 0 Å². The molecule has 2 amide bonds. The molecule has 1 aromatic rings. The Kier molecular flexibility index (Phi) is 6.73. The fraction of sp³-hybridized carbons (Fsp3) is 0.471. The Morgan fingerprint density at radius 2 is 2.08 bits per heavy atom. The van der Waals surface area contributed by atoms with Gasteiger partial charge >= 0.3 is 6.03 Å². The van der Waals surface area contributed by atoms with Crippen LogP contribution in [0.25, 0.3) is 0 Å². The monoisotopic (exact) mass is 329 g/mol. The summed E-state index contributed by atoms with van der Waals surface area (Å²) in [5, 5.41) is 2.24. The van der Waals surface area contributed by atoms with Gasteiger partial charge in [-0.15, -0.1) is 0 Å². The number of pyridine rings is 1. The maximum atomic E-state index is 10.8. The first kappa shape index (κ1) is 17.9. The molecule has 2 heterocycles. The van der Waals surface area contributed by atoms with E-state index in [0.717, 1.165) is 45.0 Å². The van der Waals surface area contributed by atoms with E-state index in [9.17, 15) is 9.59 Å². The first-order valence-corrected chi connectivity index (χ1v) is 8.03. The number of nitrogens with one attached hydrogen (secondary N) is 1. The van der Waals surface area contributed by atoms with E-state index in [0.29, 0.717) is 11.8 Å². The molecule has 0 spiro atoms. The molecule has 0 aromatic carbocycles. The lowest BCUT2D eigenvalue weighted by Gasteiger charge is -2.33. The number of piperazine rings is 1. The summed E-state index contributed by atoms with van der Waals surface area (Å²) in [6, 6.07) is 2.12. The Balaban J connectivity index is 1.89. The maximum absolute atomic E-state index is 10.8. The van der Waals surface area contributed by atoms with E-state index in [1.807, 2.05) is 12.1 Å². The minimum absolute atomic E-state index is 0.537. The third kappa shape index (κ3) is 5.65. The SMILES string of the molecule is CCN1CCN(Cc2ccc(C#CC(C=O)NC(N)=O)cn2)CC1. The van der Waals surface area contributed by atoms with Gasteiger partial charge in [0.25, 0.3) is 0 Å². The zero-order chi connectivity index (χ0) is 17.4. The third-order valence-electron chi connectivity index (χ3n) is 3.93. The smallest absolute Gasteiger partial charge is 0.313 e. The average molecular weight is 329 g/mol. The van der Waals surface area contributed by atoms with Gasteiger partial charge in [-0.25, -0.2) is 4.79 Å². The fourth-order valence-electron chi connectivity index (χ4n) is 2.50. The van der Waals surface area contributed by atoms with E-state index in [1.54, 1.807) is 6.20 Å². The van der Waals surface area contributed by atoms with Gasteiger partial charge in [0.2, 0.25) is 0 Å². The van der Waals surface area contributed by atoms with E-state index in [2.05, 4.69) is 38.9 Å². The van der Waals surface area contributed by atoms with E-state index in [4.69, 9.17) is 5.73 Å². The molecule has 7 heteroatoms. The highest BCUT2D eigenvalue weighted by molar-refractivity contribution is 5.78. The van der Waals surface area contributed by atoms with Crippen molar-refractivity contribution in [2.75, 3.05) is 32.7 Å². The number of hydrogen-bond acceptors (Lipinski definition) is 5. The highest BCUT2D eigenvalue weighted by Crippen LogP contribution is 2.07. The second-order valence-electron chi connectivity index (χ2n) is 5.64. The van der Waals surface area contributed by atoms with Crippen molar-refractivity contribution in [3.63, 3.8) is 0 Å². The van der Waals surface area contributed by atoms with Crippen molar-refractivity contribution in [1.82, 2.24) is 20.1 Å². The molecule has 3 N–H and O–H groups in total. The van der Waals surface area contributed by atoms with E-state index in [1.165, 1.54) is 0 Å². The van der Waals surface area contributed by atoms with E-state index in [-0.39, 0.29) is 0 Å². The predicted octanol–water partition coefficient (Wildman–Crippen LogP) is -0.194. The van der Waals surface area contributed by atoms with Crippen molar-refractivity contribution in [1.29, 1.82) is 0 Å². The number of aldehydes is 1. The van der Waals surface area contributed by atoms with E-state index < -0.39 is 12.1 Å². The molecule has 1 aliphatic heterocycles. The van der Waals surface area contributed by atoms with Crippen LogP contribution in [0.15, 0.2) is 18.3 Å². The normalized spacial score (nSPS) is 16.7. The van der Waals surface area contributed by atoms with Gasteiger partial charge in [0, 0.05) is 44.5 Å². The summed E-state index contributed by atoms with van der Waals surface area (Å²) in [5.74, 6) is 5.45. The van der Waals surface area contributed by atoms with Crippen molar-refractivity contribution >= 4 is 12.3 Å². The molecule has 0 aliphatic carbocycles. The summed E-state index contributed by atoms with van der Waals surface area (Å²) in [6.45, 7) is 8.41. The molecule has 0 radical (unpaired) electrons. The second-order valence-corrected chi connectivity index (χ2v) is 5.64. The van der Waals surface area contributed by atoms with Crippen LogP contribution >= 0.6 is 0 Å². The summed E-state index contributed by atoms with van der Waals surface area (Å²) < 4.78 is 0. The Bertz CT molecular complexity index is 612.